The van der Waals surface area contributed by atoms with Crippen molar-refractivity contribution in [2.75, 3.05) is 39.2 Å². The number of rotatable bonds is 9. The highest BCUT2D eigenvalue weighted by Crippen LogP contribution is 2.31. The summed E-state index contributed by atoms with van der Waals surface area (Å²) in [5, 5.41) is 6.18. The predicted octanol–water partition coefficient (Wildman–Crippen LogP) is 2.12. The molecule has 0 saturated heterocycles. The number of thiazole rings is 1. The van der Waals surface area contributed by atoms with Crippen LogP contribution >= 0.6 is 23.7 Å². The molecule has 0 aliphatic rings. The first-order chi connectivity index (χ1) is 12.1. The van der Waals surface area contributed by atoms with Crippen molar-refractivity contribution in [3.8, 4) is 11.3 Å². The number of hydrogen-bond acceptors (Lipinski definition) is 7. The lowest BCUT2D eigenvalue weighted by Gasteiger charge is -2.03. The lowest BCUT2D eigenvalue weighted by atomic mass is 10.1. The van der Waals surface area contributed by atoms with Crippen molar-refractivity contribution in [3.05, 3.63) is 35.2 Å². The van der Waals surface area contributed by atoms with E-state index < -0.39 is 0 Å². The van der Waals surface area contributed by atoms with E-state index >= 15 is 0 Å². The molecule has 0 radical (unpaired) electrons. The van der Waals surface area contributed by atoms with Crippen LogP contribution in [0, 0.1) is 0 Å². The Labute approximate surface area is 162 Å². The molecule has 1 heterocycles. The van der Waals surface area contributed by atoms with E-state index in [2.05, 4.69) is 15.6 Å². The summed E-state index contributed by atoms with van der Waals surface area (Å²) in [5.41, 5.74) is 1.56. The molecule has 26 heavy (non-hydrogen) atoms. The first-order valence-corrected chi connectivity index (χ1v) is 8.57. The summed E-state index contributed by atoms with van der Waals surface area (Å²) in [6.45, 7) is 1.28. The highest BCUT2D eigenvalue weighted by Gasteiger charge is 2.17. The quantitative estimate of drug-likeness (QED) is 0.496. The van der Waals surface area contributed by atoms with Crippen LogP contribution in [0.5, 0.6) is 0 Å². The van der Waals surface area contributed by atoms with Crippen LogP contribution in [0.4, 0.5) is 5.13 Å². The molecule has 0 aliphatic carbocycles. The van der Waals surface area contributed by atoms with Crippen molar-refractivity contribution in [1.82, 2.24) is 10.3 Å². The summed E-state index contributed by atoms with van der Waals surface area (Å²) in [6, 6.07) is 9.52. The van der Waals surface area contributed by atoms with Crippen LogP contribution in [-0.4, -0.2) is 50.8 Å². The number of hydrogen-bond donors (Lipinski definition) is 2. The van der Waals surface area contributed by atoms with Crippen LogP contribution in [0.15, 0.2) is 30.3 Å². The second-order valence-corrected chi connectivity index (χ2v) is 6.21. The molecule has 1 amide bonds. The summed E-state index contributed by atoms with van der Waals surface area (Å²) in [6.07, 6.45) is 0.111. The third-order valence-electron chi connectivity index (χ3n) is 3.29. The molecule has 2 N–H and O–H groups in total. The van der Waals surface area contributed by atoms with Gasteiger partial charge in [0.15, 0.2) is 5.13 Å². The number of nitrogens with zero attached hydrogens (tertiary/aromatic N) is 1. The summed E-state index contributed by atoms with van der Waals surface area (Å²) in [7, 11) is 2.95. The highest BCUT2D eigenvalue weighted by molar-refractivity contribution is 7.16. The summed E-state index contributed by atoms with van der Waals surface area (Å²) in [5.74, 6) is -0.547. The van der Waals surface area contributed by atoms with Crippen LogP contribution in [0.2, 0.25) is 0 Å². The Hall–Kier alpha value is -2.00. The number of benzene rings is 1. The fourth-order valence-corrected chi connectivity index (χ4v) is 3.07. The van der Waals surface area contributed by atoms with Crippen LogP contribution < -0.4 is 10.6 Å². The van der Waals surface area contributed by atoms with E-state index in [0.717, 1.165) is 10.4 Å². The molecular weight excluding hydrogens is 378 g/mol. The third-order valence-corrected chi connectivity index (χ3v) is 4.26. The third kappa shape index (κ3) is 6.72. The maximum Gasteiger partial charge on any atom is 0.310 e. The predicted molar refractivity (Wildman–Crippen MR) is 104 cm³/mol. The molecule has 0 saturated carbocycles. The molecule has 142 valence electrons. The van der Waals surface area contributed by atoms with Crippen molar-refractivity contribution in [2.24, 2.45) is 0 Å². The minimum absolute atomic E-state index is 0. The van der Waals surface area contributed by atoms with Crippen molar-refractivity contribution < 1.29 is 19.1 Å². The molecule has 1 aromatic carbocycles. The standard InChI is InChI=1S/C17H21N3O4S.ClH/c1-23-9-8-18-11-14(21)19-17-20-16(12-6-4-3-5-7-12)13(25-17)10-15(22)24-2;/h3-7,18H,8-11H2,1-2H3,(H,19,20,21);1H. The van der Waals surface area contributed by atoms with E-state index in [0.29, 0.717) is 24.0 Å². The van der Waals surface area contributed by atoms with Crippen LogP contribution in [0.3, 0.4) is 0 Å². The molecule has 0 fully saturated rings. The summed E-state index contributed by atoms with van der Waals surface area (Å²) in [4.78, 5) is 28.8. The van der Waals surface area contributed by atoms with Gasteiger partial charge in [0.1, 0.15) is 0 Å². The largest absolute Gasteiger partial charge is 0.469 e. The number of ether oxygens (including phenoxy) is 2. The molecule has 0 aliphatic heterocycles. The number of anilines is 1. The number of carbonyl (C=O) groups is 2. The van der Waals surface area contributed by atoms with Gasteiger partial charge in [0.05, 0.1) is 32.4 Å². The molecule has 0 spiro atoms. The molecule has 1 aromatic heterocycles. The zero-order valence-electron chi connectivity index (χ0n) is 14.6. The molecule has 0 bridgehead atoms. The Morgan fingerprint density at radius 1 is 1.19 bits per heavy atom. The van der Waals surface area contributed by atoms with Crippen molar-refractivity contribution in [1.29, 1.82) is 0 Å². The van der Waals surface area contributed by atoms with Gasteiger partial charge < -0.3 is 20.1 Å². The highest BCUT2D eigenvalue weighted by atomic mass is 35.5. The number of methoxy groups -OCH3 is 2. The van der Waals surface area contributed by atoms with Gasteiger partial charge >= 0.3 is 5.97 Å². The second kappa shape index (κ2) is 11.6. The van der Waals surface area contributed by atoms with Crippen molar-refractivity contribution in [2.45, 2.75) is 6.42 Å². The minimum Gasteiger partial charge on any atom is -0.469 e. The topological polar surface area (TPSA) is 89.5 Å². The Bertz CT molecular complexity index is 709. The molecule has 0 atom stereocenters. The fourth-order valence-electron chi connectivity index (χ4n) is 2.09. The number of carbonyl (C=O) groups excluding carboxylic acids is 2. The van der Waals surface area contributed by atoms with E-state index in [4.69, 9.17) is 9.47 Å². The van der Waals surface area contributed by atoms with Gasteiger partial charge in [-0.05, 0) is 0 Å². The summed E-state index contributed by atoms with van der Waals surface area (Å²) < 4.78 is 9.65. The van der Waals surface area contributed by atoms with Crippen molar-refractivity contribution >= 4 is 40.8 Å². The Kier molecular flexibility index (Phi) is 9.82. The molecule has 7 nitrogen and oxygen atoms in total. The monoisotopic (exact) mass is 399 g/mol. The van der Waals surface area contributed by atoms with Crippen LogP contribution in [-0.2, 0) is 25.5 Å². The van der Waals surface area contributed by atoms with Gasteiger partial charge in [-0.3, -0.25) is 9.59 Å². The van der Waals surface area contributed by atoms with Gasteiger partial charge in [-0.15, -0.1) is 23.7 Å². The summed E-state index contributed by atoms with van der Waals surface area (Å²) >= 11 is 1.27. The zero-order valence-corrected chi connectivity index (χ0v) is 16.2. The molecule has 9 heteroatoms. The lowest BCUT2D eigenvalue weighted by molar-refractivity contribution is -0.139. The lowest BCUT2D eigenvalue weighted by Crippen LogP contribution is -2.30. The number of aromatic nitrogens is 1. The van der Waals surface area contributed by atoms with E-state index in [-0.39, 0.29) is 37.2 Å². The molecule has 0 unspecified atom stereocenters. The van der Waals surface area contributed by atoms with E-state index in [1.54, 1.807) is 7.11 Å². The SMILES string of the molecule is COCCNCC(=O)Nc1nc(-c2ccccc2)c(CC(=O)OC)s1.Cl. The first kappa shape index (κ1) is 22.0. The van der Waals surface area contributed by atoms with Gasteiger partial charge in [0.25, 0.3) is 0 Å². The number of halogens is 1. The minimum atomic E-state index is -0.347. The Morgan fingerprint density at radius 3 is 2.58 bits per heavy atom. The van der Waals surface area contributed by atoms with Gasteiger partial charge in [0, 0.05) is 24.1 Å². The van der Waals surface area contributed by atoms with Gasteiger partial charge in [-0.2, -0.15) is 0 Å². The number of esters is 1. The number of amides is 1. The van der Waals surface area contributed by atoms with Crippen LogP contribution in [0.25, 0.3) is 11.3 Å². The Morgan fingerprint density at radius 2 is 1.92 bits per heavy atom. The second-order valence-electron chi connectivity index (χ2n) is 5.13. The zero-order chi connectivity index (χ0) is 18.1. The van der Waals surface area contributed by atoms with E-state index in [1.165, 1.54) is 18.4 Å². The average molecular weight is 400 g/mol. The van der Waals surface area contributed by atoms with Crippen molar-refractivity contribution in [3.63, 3.8) is 0 Å². The maximum absolute atomic E-state index is 12.0. The normalized spacial score (nSPS) is 10.1. The average Bonchev–Trinajstić information content (AvgIpc) is 3.01. The van der Waals surface area contributed by atoms with E-state index in [9.17, 15) is 9.59 Å². The fraction of sp³-hybridized carbons (Fsp3) is 0.353. The van der Waals surface area contributed by atoms with Gasteiger partial charge in [-0.1, -0.05) is 30.3 Å². The molecule has 2 rings (SSSR count). The van der Waals surface area contributed by atoms with E-state index in [1.807, 2.05) is 30.3 Å². The smallest absolute Gasteiger partial charge is 0.310 e. The Balaban J connectivity index is 0.00000338. The number of nitrogens with one attached hydrogen (secondary N) is 2. The maximum atomic E-state index is 12.0. The molecule has 2 aromatic rings. The van der Waals surface area contributed by atoms with Gasteiger partial charge in [-0.25, -0.2) is 4.98 Å². The first-order valence-electron chi connectivity index (χ1n) is 7.75. The van der Waals surface area contributed by atoms with Gasteiger partial charge in [0.2, 0.25) is 5.91 Å². The molecular formula is C17H22ClN3O4S. The van der Waals surface area contributed by atoms with Crippen LogP contribution in [0.1, 0.15) is 4.88 Å².